The Morgan fingerprint density at radius 1 is 0.923 bits per heavy atom. The van der Waals surface area contributed by atoms with Crippen LogP contribution in [0.25, 0.3) is 31.3 Å². The molecule has 4 aromatic rings. The average Bonchev–Trinajstić information content (AvgIpc) is 3.16. The summed E-state index contributed by atoms with van der Waals surface area (Å²) in [6, 6.07) is 18.0. The standard InChI is InChI=1S/C23H18Br2S/c1-3-23(4-2)16-11-13(24)9-10-14(16)20-17(23)12-18(25)22-21(20)15-7-5-6-8-19(15)26-22/h5-12H,3-4H2,1-2H3. The van der Waals surface area contributed by atoms with Crippen molar-refractivity contribution in [2.75, 3.05) is 0 Å². The van der Waals surface area contributed by atoms with Crippen LogP contribution in [-0.4, -0.2) is 0 Å². The molecule has 26 heavy (non-hydrogen) atoms. The molecule has 0 aliphatic heterocycles. The van der Waals surface area contributed by atoms with Gasteiger partial charge in [0.2, 0.25) is 0 Å². The van der Waals surface area contributed by atoms with E-state index < -0.39 is 0 Å². The van der Waals surface area contributed by atoms with Gasteiger partial charge in [0.05, 0.1) is 4.70 Å². The molecule has 0 fully saturated rings. The zero-order valence-corrected chi connectivity index (χ0v) is 18.7. The molecule has 0 N–H and O–H groups in total. The molecule has 0 spiro atoms. The molecule has 3 heteroatoms. The fraction of sp³-hybridized carbons (Fsp3) is 0.217. The highest BCUT2D eigenvalue weighted by atomic mass is 79.9. The highest BCUT2D eigenvalue weighted by Gasteiger charge is 2.42. The third kappa shape index (κ3) is 2.05. The number of hydrogen-bond donors (Lipinski definition) is 0. The molecule has 0 amide bonds. The summed E-state index contributed by atoms with van der Waals surface area (Å²) in [5.41, 5.74) is 5.91. The van der Waals surface area contributed by atoms with Crippen LogP contribution in [0.1, 0.15) is 37.8 Å². The van der Waals surface area contributed by atoms with E-state index in [4.69, 9.17) is 0 Å². The molecule has 0 bridgehead atoms. The second-order valence-corrected chi connectivity index (χ2v) is 9.88. The number of halogens is 2. The number of hydrogen-bond acceptors (Lipinski definition) is 1. The minimum Gasteiger partial charge on any atom is -0.134 e. The Balaban J connectivity index is 2.04. The molecule has 0 unspecified atom stereocenters. The van der Waals surface area contributed by atoms with E-state index in [1.807, 2.05) is 11.3 Å². The summed E-state index contributed by atoms with van der Waals surface area (Å²) >= 11 is 9.50. The van der Waals surface area contributed by atoms with Crippen molar-refractivity contribution >= 4 is 63.4 Å². The topological polar surface area (TPSA) is 0 Å². The Morgan fingerprint density at radius 3 is 2.46 bits per heavy atom. The van der Waals surface area contributed by atoms with E-state index in [2.05, 4.69) is 94.2 Å². The molecule has 3 aromatic carbocycles. The summed E-state index contributed by atoms with van der Waals surface area (Å²) in [6.45, 7) is 4.65. The van der Waals surface area contributed by atoms with Crippen molar-refractivity contribution in [3.05, 3.63) is 68.6 Å². The van der Waals surface area contributed by atoms with Gasteiger partial charge in [-0.25, -0.2) is 0 Å². The molecule has 0 saturated carbocycles. The first-order valence-corrected chi connectivity index (χ1v) is 11.5. The molecule has 130 valence electrons. The largest absolute Gasteiger partial charge is 0.134 e. The molecular weight excluding hydrogens is 468 g/mol. The SMILES string of the molecule is CCC1(CC)c2cc(Br)ccc2-c2c1cc(Br)c1sc3ccccc3c21. The van der Waals surface area contributed by atoms with Crippen molar-refractivity contribution < 1.29 is 0 Å². The van der Waals surface area contributed by atoms with Crippen LogP contribution >= 0.6 is 43.2 Å². The molecule has 1 heterocycles. The van der Waals surface area contributed by atoms with Gasteiger partial charge in [-0.15, -0.1) is 11.3 Å². The number of thiophene rings is 1. The summed E-state index contributed by atoms with van der Waals surface area (Å²) in [5, 5.41) is 2.80. The van der Waals surface area contributed by atoms with E-state index >= 15 is 0 Å². The Hall–Kier alpha value is -1.16. The third-order valence-electron chi connectivity index (χ3n) is 6.09. The van der Waals surface area contributed by atoms with Crippen molar-refractivity contribution in [2.45, 2.75) is 32.1 Å². The molecule has 0 atom stereocenters. The minimum atomic E-state index is 0.0915. The zero-order valence-electron chi connectivity index (χ0n) is 14.7. The van der Waals surface area contributed by atoms with Crippen LogP contribution in [0.15, 0.2) is 57.5 Å². The minimum absolute atomic E-state index is 0.0915. The van der Waals surface area contributed by atoms with Gasteiger partial charge in [0.1, 0.15) is 0 Å². The Kier molecular flexibility index (Phi) is 3.86. The second-order valence-electron chi connectivity index (χ2n) is 7.06. The average molecular weight is 486 g/mol. The molecule has 1 aliphatic rings. The van der Waals surface area contributed by atoms with Crippen LogP contribution < -0.4 is 0 Å². The van der Waals surface area contributed by atoms with Gasteiger partial charge in [0.15, 0.2) is 0 Å². The molecule has 1 aliphatic carbocycles. The molecule has 0 nitrogen and oxygen atoms in total. The van der Waals surface area contributed by atoms with Gasteiger partial charge in [-0.3, -0.25) is 0 Å². The van der Waals surface area contributed by atoms with Crippen LogP contribution in [0, 0.1) is 0 Å². The Morgan fingerprint density at radius 2 is 1.69 bits per heavy atom. The Bertz CT molecular complexity index is 1180. The van der Waals surface area contributed by atoms with Crippen molar-refractivity contribution in [3.63, 3.8) is 0 Å². The zero-order chi connectivity index (χ0) is 18.1. The summed E-state index contributed by atoms with van der Waals surface area (Å²) in [7, 11) is 0. The predicted molar refractivity (Wildman–Crippen MR) is 122 cm³/mol. The Labute approximate surface area is 174 Å². The van der Waals surface area contributed by atoms with Crippen LogP contribution in [0.3, 0.4) is 0 Å². The van der Waals surface area contributed by atoms with Crippen LogP contribution in [0.2, 0.25) is 0 Å². The van der Waals surface area contributed by atoms with Crippen LogP contribution in [-0.2, 0) is 5.41 Å². The van der Waals surface area contributed by atoms with E-state index in [1.54, 1.807) is 0 Å². The van der Waals surface area contributed by atoms with Gasteiger partial charge in [-0.2, -0.15) is 0 Å². The van der Waals surface area contributed by atoms with Crippen molar-refractivity contribution in [2.24, 2.45) is 0 Å². The third-order valence-corrected chi connectivity index (χ3v) is 8.68. The summed E-state index contributed by atoms with van der Waals surface area (Å²) in [5.74, 6) is 0. The fourth-order valence-electron chi connectivity index (χ4n) is 4.81. The quantitative estimate of drug-likeness (QED) is 0.266. The van der Waals surface area contributed by atoms with E-state index in [1.165, 1.54) is 51.4 Å². The molecule has 1 aromatic heterocycles. The van der Waals surface area contributed by atoms with E-state index in [0.29, 0.717) is 0 Å². The van der Waals surface area contributed by atoms with E-state index in [0.717, 1.165) is 12.8 Å². The smallest absolute Gasteiger partial charge is 0.0503 e. The molecular formula is C23H18Br2S. The maximum Gasteiger partial charge on any atom is 0.0503 e. The van der Waals surface area contributed by atoms with Crippen molar-refractivity contribution in [1.29, 1.82) is 0 Å². The fourth-order valence-corrected chi connectivity index (χ4v) is 6.95. The maximum absolute atomic E-state index is 3.90. The molecule has 0 saturated heterocycles. The van der Waals surface area contributed by atoms with Gasteiger partial charge in [0, 0.05) is 29.8 Å². The maximum atomic E-state index is 3.90. The first-order chi connectivity index (χ1) is 12.6. The van der Waals surface area contributed by atoms with Crippen molar-refractivity contribution in [3.8, 4) is 11.1 Å². The molecule has 0 radical (unpaired) electrons. The number of rotatable bonds is 2. The molecule has 5 rings (SSSR count). The van der Waals surface area contributed by atoms with Gasteiger partial charge in [0.25, 0.3) is 0 Å². The summed E-state index contributed by atoms with van der Waals surface area (Å²) < 4.78 is 5.12. The number of fused-ring (bicyclic) bond motifs is 7. The summed E-state index contributed by atoms with van der Waals surface area (Å²) in [4.78, 5) is 0. The second kappa shape index (κ2) is 5.92. The van der Waals surface area contributed by atoms with E-state index in [9.17, 15) is 0 Å². The summed E-state index contributed by atoms with van der Waals surface area (Å²) in [6.07, 6.45) is 2.22. The highest BCUT2D eigenvalue weighted by molar-refractivity contribution is 9.11. The lowest BCUT2D eigenvalue weighted by Crippen LogP contribution is -2.23. The van der Waals surface area contributed by atoms with Crippen molar-refractivity contribution in [1.82, 2.24) is 0 Å². The number of benzene rings is 3. The lowest BCUT2D eigenvalue weighted by molar-refractivity contribution is 0.490. The first-order valence-electron chi connectivity index (χ1n) is 9.05. The lowest BCUT2D eigenvalue weighted by Gasteiger charge is -2.30. The van der Waals surface area contributed by atoms with Crippen LogP contribution in [0.5, 0.6) is 0 Å². The van der Waals surface area contributed by atoms with Gasteiger partial charge >= 0.3 is 0 Å². The van der Waals surface area contributed by atoms with E-state index in [-0.39, 0.29) is 5.41 Å². The monoisotopic (exact) mass is 484 g/mol. The predicted octanol–water partition coefficient (Wildman–Crippen LogP) is 8.67. The van der Waals surface area contributed by atoms with Gasteiger partial charge in [-0.05, 0) is 75.3 Å². The normalized spacial score (nSPS) is 14.8. The highest BCUT2D eigenvalue weighted by Crippen LogP contribution is 2.58. The first kappa shape index (κ1) is 17.0. The van der Waals surface area contributed by atoms with Crippen LogP contribution in [0.4, 0.5) is 0 Å². The lowest BCUT2D eigenvalue weighted by atomic mass is 9.74. The van der Waals surface area contributed by atoms with Gasteiger partial charge < -0.3 is 0 Å². The van der Waals surface area contributed by atoms with Gasteiger partial charge in [-0.1, -0.05) is 54.0 Å².